The van der Waals surface area contributed by atoms with Crippen LogP contribution in [-0.2, 0) is 9.53 Å². The van der Waals surface area contributed by atoms with Gasteiger partial charge in [-0.15, -0.1) is 0 Å². The van der Waals surface area contributed by atoms with E-state index in [9.17, 15) is 4.79 Å². The number of thioether (sulfide) groups is 1. The van der Waals surface area contributed by atoms with Crippen LogP contribution in [0.3, 0.4) is 0 Å². The van der Waals surface area contributed by atoms with Crippen LogP contribution in [0.15, 0.2) is 0 Å². The summed E-state index contributed by atoms with van der Waals surface area (Å²) in [6.45, 7) is 3.08. The lowest BCUT2D eigenvalue weighted by molar-refractivity contribution is -0.138. The van der Waals surface area contributed by atoms with E-state index in [1.54, 1.807) is 11.8 Å². The smallest absolute Gasteiger partial charge is 0.305 e. The summed E-state index contributed by atoms with van der Waals surface area (Å²) in [5.41, 5.74) is 0. The molecular formula is C7H14O3S. The van der Waals surface area contributed by atoms with Crippen LogP contribution in [0, 0.1) is 0 Å². The molecule has 0 saturated heterocycles. The fourth-order valence-corrected chi connectivity index (χ4v) is 1.05. The Morgan fingerprint density at radius 3 is 2.82 bits per heavy atom. The van der Waals surface area contributed by atoms with E-state index in [0.29, 0.717) is 13.2 Å². The Kier molecular flexibility index (Phi) is 7.72. The summed E-state index contributed by atoms with van der Waals surface area (Å²) < 4.78 is 5.04. The number of aliphatic carboxylic acids is 1. The molecule has 3 nitrogen and oxygen atoms in total. The lowest BCUT2D eigenvalue weighted by Crippen LogP contribution is -2.04. The number of ether oxygens (including phenoxy) is 1. The highest BCUT2D eigenvalue weighted by Crippen LogP contribution is 1.97. The summed E-state index contributed by atoms with van der Waals surface area (Å²) >= 11 is 1.79. The van der Waals surface area contributed by atoms with E-state index in [1.165, 1.54) is 0 Å². The molecule has 0 bridgehead atoms. The first-order chi connectivity index (χ1) is 5.27. The predicted molar refractivity (Wildman–Crippen MR) is 46.1 cm³/mol. The number of hydrogen-bond acceptors (Lipinski definition) is 3. The van der Waals surface area contributed by atoms with Crippen LogP contribution < -0.4 is 0 Å². The van der Waals surface area contributed by atoms with Crippen molar-refractivity contribution >= 4 is 17.7 Å². The minimum Gasteiger partial charge on any atom is -0.481 e. The summed E-state index contributed by atoms with van der Waals surface area (Å²) in [4.78, 5) is 10.0. The fraction of sp³-hybridized carbons (Fsp3) is 0.857. The van der Waals surface area contributed by atoms with Crippen molar-refractivity contribution in [3.63, 3.8) is 0 Å². The average Bonchev–Trinajstić information content (AvgIpc) is 1.96. The SMILES string of the molecule is CCSCCOCCC(=O)O. The van der Waals surface area contributed by atoms with Gasteiger partial charge in [-0.05, 0) is 5.75 Å². The first-order valence-electron chi connectivity index (χ1n) is 3.64. The maximum absolute atomic E-state index is 10.0. The molecule has 0 saturated carbocycles. The van der Waals surface area contributed by atoms with Gasteiger partial charge in [0.1, 0.15) is 0 Å². The van der Waals surface area contributed by atoms with Gasteiger partial charge in [0.15, 0.2) is 0 Å². The Balaban J connectivity index is 2.85. The van der Waals surface area contributed by atoms with Crippen molar-refractivity contribution in [3.05, 3.63) is 0 Å². The minimum absolute atomic E-state index is 0.108. The van der Waals surface area contributed by atoms with Crippen LogP contribution >= 0.6 is 11.8 Å². The lowest BCUT2D eigenvalue weighted by atomic mass is 10.5. The van der Waals surface area contributed by atoms with Gasteiger partial charge in [-0.1, -0.05) is 6.92 Å². The van der Waals surface area contributed by atoms with E-state index in [4.69, 9.17) is 9.84 Å². The Hall–Kier alpha value is -0.220. The second-order valence-electron chi connectivity index (χ2n) is 1.95. The normalized spacial score (nSPS) is 9.91. The van der Waals surface area contributed by atoms with Crippen molar-refractivity contribution in [3.8, 4) is 0 Å². The number of hydrogen-bond donors (Lipinski definition) is 1. The first-order valence-corrected chi connectivity index (χ1v) is 4.80. The van der Waals surface area contributed by atoms with E-state index in [-0.39, 0.29) is 6.42 Å². The molecule has 4 heteroatoms. The van der Waals surface area contributed by atoms with Gasteiger partial charge in [-0.2, -0.15) is 11.8 Å². The molecule has 0 fully saturated rings. The maximum Gasteiger partial charge on any atom is 0.305 e. The molecule has 0 unspecified atom stereocenters. The second-order valence-corrected chi connectivity index (χ2v) is 3.35. The number of carbonyl (C=O) groups is 1. The summed E-state index contributed by atoms with van der Waals surface area (Å²) in [5.74, 6) is 1.24. The van der Waals surface area contributed by atoms with Crippen molar-refractivity contribution in [1.82, 2.24) is 0 Å². The molecule has 0 aliphatic rings. The van der Waals surface area contributed by atoms with Crippen LogP contribution in [0.2, 0.25) is 0 Å². The summed E-state index contributed by atoms with van der Waals surface area (Å²) in [6.07, 6.45) is 0.108. The molecule has 0 aromatic rings. The largest absolute Gasteiger partial charge is 0.481 e. The zero-order chi connectivity index (χ0) is 8.53. The van der Waals surface area contributed by atoms with Gasteiger partial charge in [-0.25, -0.2) is 0 Å². The van der Waals surface area contributed by atoms with Gasteiger partial charge in [0.2, 0.25) is 0 Å². The van der Waals surface area contributed by atoms with Crippen molar-refractivity contribution in [1.29, 1.82) is 0 Å². The first kappa shape index (κ1) is 10.8. The molecular weight excluding hydrogens is 164 g/mol. The van der Waals surface area contributed by atoms with Gasteiger partial charge in [0.25, 0.3) is 0 Å². The van der Waals surface area contributed by atoms with E-state index >= 15 is 0 Å². The molecule has 0 heterocycles. The van der Waals surface area contributed by atoms with Gasteiger partial charge in [0, 0.05) is 5.75 Å². The quantitative estimate of drug-likeness (QED) is 0.596. The third-order valence-electron chi connectivity index (χ3n) is 1.04. The molecule has 0 aliphatic carbocycles. The maximum atomic E-state index is 10.0. The van der Waals surface area contributed by atoms with Crippen molar-refractivity contribution in [2.24, 2.45) is 0 Å². The Bertz CT molecular complexity index is 106. The van der Waals surface area contributed by atoms with Gasteiger partial charge < -0.3 is 9.84 Å². The Labute approximate surface area is 71.1 Å². The zero-order valence-corrected chi connectivity index (χ0v) is 7.52. The highest BCUT2D eigenvalue weighted by atomic mass is 32.2. The summed E-state index contributed by atoms with van der Waals surface area (Å²) in [7, 11) is 0. The molecule has 0 aromatic carbocycles. The fourth-order valence-electron chi connectivity index (χ4n) is 0.524. The average molecular weight is 178 g/mol. The van der Waals surface area contributed by atoms with E-state index in [1.807, 2.05) is 0 Å². The number of rotatable bonds is 7. The van der Waals surface area contributed by atoms with E-state index < -0.39 is 5.97 Å². The van der Waals surface area contributed by atoms with Crippen LogP contribution in [0.25, 0.3) is 0 Å². The lowest BCUT2D eigenvalue weighted by Gasteiger charge is -2.00. The van der Waals surface area contributed by atoms with Gasteiger partial charge in [-0.3, -0.25) is 4.79 Å². The van der Waals surface area contributed by atoms with Crippen molar-refractivity contribution in [2.45, 2.75) is 13.3 Å². The minimum atomic E-state index is -0.798. The van der Waals surface area contributed by atoms with Crippen LogP contribution in [0.4, 0.5) is 0 Å². The number of carboxylic acids is 1. The monoisotopic (exact) mass is 178 g/mol. The van der Waals surface area contributed by atoms with Gasteiger partial charge >= 0.3 is 5.97 Å². The van der Waals surface area contributed by atoms with E-state index in [2.05, 4.69) is 6.92 Å². The Morgan fingerprint density at radius 2 is 2.27 bits per heavy atom. The van der Waals surface area contributed by atoms with Crippen LogP contribution in [-0.4, -0.2) is 35.8 Å². The molecule has 0 aromatic heterocycles. The molecule has 66 valence electrons. The molecule has 0 aliphatic heterocycles. The predicted octanol–water partition coefficient (Wildman–Crippen LogP) is 1.23. The Morgan fingerprint density at radius 1 is 1.55 bits per heavy atom. The zero-order valence-electron chi connectivity index (χ0n) is 6.71. The highest BCUT2D eigenvalue weighted by Gasteiger charge is 1.95. The van der Waals surface area contributed by atoms with Crippen LogP contribution in [0.5, 0.6) is 0 Å². The molecule has 0 amide bonds. The molecule has 0 radical (unpaired) electrons. The molecule has 0 rings (SSSR count). The molecule has 0 spiro atoms. The van der Waals surface area contributed by atoms with E-state index in [0.717, 1.165) is 11.5 Å². The van der Waals surface area contributed by atoms with Crippen molar-refractivity contribution < 1.29 is 14.6 Å². The van der Waals surface area contributed by atoms with Crippen molar-refractivity contribution in [2.75, 3.05) is 24.7 Å². The third-order valence-corrected chi connectivity index (χ3v) is 1.90. The molecule has 0 atom stereocenters. The second kappa shape index (κ2) is 7.88. The summed E-state index contributed by atoms with van der Waals surface area (Å²) in [6, 6.07) is 0. The van der Waals surface area contributed by atoms with Gasteiger partial charge in [0.05, 0.1) is 19.6 Å². The highest BCUT2D eigenvalue weighted by molar-refractivity contribution is 7.99. The summed E-state index contributed by atoms with van der Waals surface area (Å²) in [5, 5.41) is 8.23. The topological polar surface area (TPSA) is 46.5 Å². The third kappa shape index (κ3) is 9.78. The standard InChI is InChI=1S/C7H14O3S/c1-2-11-6-5-10-4-3-7(8)9/h2-6H2,1H3,(H,8,9). The molecule has 11 heavy (non-hydrogen) atoms. The number of carboxylic acid groups (broad SMARTS) is 1. The molecule has 1 N–H and O–H groups in total. The van der Waals surface area contributed by atoms with Crippen LogP contribution in [0.1, 0.15) is 13.3 Å².